The molecule has 0 unspecified atom stereocenters. The molecule has 3 heterocycles. The Hall–Kier alpha value is -3.66. The summed E-state index contributed by atoms with van der Waals surface area (Å²) in [6, 6.07) is 4.02. The van der Waals surface area contributed by atoms with E-state index in [1.807, 2.05) is 0 Å². The van der Waals surface area contributed by atoms with Gasteiger partial charge >= 0.3 is 0 Å². The second kappa shape index (κ2) is 8.23. The Balaban J connectivity index is 0.00000272. The van der Waals surface area contributed by atoms with E-state index < -0.39 is 11.4 Å². The standard InChI is InChI=1S/C21H17FN6O2.ClH/c1-4-8-21(23,9-5-2)20-25-18(26-30-20)17-16-11-27(3)19(29)14-10-13(22)6-7-15(14)28(16)12-24-17;/h1-2,6-7,10,12H,8-9,11,23H2,3H3;1H. The third kappa shape index (κ3) is 3.66. The van der Waals surface area contributed by atoms with Crippen molar-refractivity contribution in [2.45, 2.75) is 24.9 Å². The predicted octanol–water partition coefficient (Wildman–Crippen LogP) is 2.27. The summed E-state index contributed by atoms with van der Waals surface area (Å²) in [6.07, 6.45) is 12.6. The SMILES string of the molecule is C#CCC(N)(CC#C)c1nc(-c2ncn3c2CN(C)C(=O)c2cc(F)ccc2-3)no1.Cl. The van der Waals surface area contributed by atoms with Crippen molar-refractivity contribution in [1.29, 1.82) is 0 Å². The molecule has 4 rings (SSSR count). The Morgan fingerprint density at radius 1 is 1.32 bits per heavy atom. The molecule has 0 bridgehead atoms. The summed E-state index contributed by atoms with van der Waals surface area (Å²) >= 11 is 0. The number of rotatable bonds is 4. The normalized spacial score (nSPS) is 12.8. The minimum absolute atomic E-state index is 0. The number of hydrogen-bond acceptors (Lipinski definition) is 6. The zero-order valence-corrected chi connectivity index (χ0v) is 17.3. The molecule has 1 aliphatic rings. The molecule has 0 atom stereocenters. The fraction of sp³-hybridized carbons (Fsp3) is 0.238. The Kier molecular flexibility index (Phi) is 5.85. The number of carbonyl (C=O) groups is 1. The van der Waals surface area contributed by atoms with Crippen LogP contribution in [0.2, 0.25) is 0 Å². The lowest BCUT2D eigenvalue weighted by molar-refractivity contribution is 0.0787. The third-order valence-electron chi connectivity index (χ3n) is 4.95. The highest BCUT2D eigenvalue weighted by atomic mass is 35.5. The molecule has 3 aromatic rings. The van der Waals surface area contributed by atoms with E-state index in [0.29, 0.717) is 17.1 Å². The van der Waals surface area contributed by atoms with Crippen LogP contribution in [0.25, 0.3) is 17.2 Å². The lowest BCUT2D eigenvalue weighted by atomic mass is 9.93. The van der Waals surface area contributed by atoms with E-state index in [2.05, 4.69) is 27.0 Å². The highest BCUT2D eigenvalue weighted by Crippen LogP contribution is 2.31. The largest absolute Gasteiger partial charge is 0.337 e. The van der Waals surface area contributed by atoms with Crippen LogP contribution in [0, 0.1) is 30.5 Å². The average molecular weight is 441 g/mol. The zero-order valence-electron chi connectivity index (χ0n) is 16.5. The van der Waals surface area contributed by atoms with E-state index in [-0.39, 0.29) is 55.0 Å². The number of terminal acetylenes is 2. The first-order chi connectivity index (χ1) is 14.4. The predicted molar refractivity (Wildman–Crippen MR) is 113 cm³/mol. The zero-order chi connectivity index (χ0) is 21.5. The molecule has 10 heteroatoms. The van der Waals surface area contributed by atoms with Crippen LogP contribution in [0.15, 0.2) is 29.0 Å². The maximum Gasteiger partial charge on any atom is 0.256 e. The molecule has 158 valence electrons. The van der Waals surface area contributed by atoms with Gasteiger partial charge in [0, 0.05) is 19.9 Å². The van der Waals surface area contributed by atoms with Gasteiger partial charge in [0.15, 0.2) is 0 Å². The van der Waals surface area contributed by atoms with Crippen molar-refractivity contribution in [3.8, 4) is 41.9 Å². The van der Waals surface area contributed by atoms with E-state index >= 15 is 0 Å². The summed E-state index contributed by atoms with van der Waals surface area (Å²) in [6.45, 7) is 0.205. The third-order valence-corrected chi connectivity index (χ3v) is 4.95. The number of fused-ring (bicyclic) bond motifs is 3. The van der Waals surface area contributed by atoms with Crippen molar-refractivity contribution < 1.29 is 13.7 Å². The lowest BCUT2D eigenvalue weighted by Crippen LogP contribution is -2.36. The molecule has 1 aliphatic heterocycles. The summed E-state index contributed by atoms with van der Waals surface area (Å²) in [5.41, 5.74) is 6.93. The van der Waals surface area contributed by atoms with Crippen LogP contribution in [-0.2, 0) is 12.1 Å². The van der Waals surface area contributed by atoms with Gasteiger partial charge in [-0.2, -0.15) is 4.98 Å². The van der Waals surface area contributed by atoms with E-state index in [1.54, 1.807) is 11.6 Å². The van der Waals surface area contributed by atoms with Crippen molar-refractivity contribution >= 4 is 18.3 Å². The quantitative estimate of drug-likeness (QED) is 0.624. The first-order valence-electron chi connectivity index (χ1n) is 9.00. The van der Waals surface area contributed by atoms with Crippen LogP contribution in [0.1, 0.15) is 34.8 Å². The monoisotopic (exact) mass is 440 g/mol. The number of nitrogens with two attached hydrogens (primary N) is 1. The van der Waals surface area contributed by atoms with Gasteiger partial charge in [0.2, 0.25) is 11.7 Å². The first-order valence-corrected chi connectivity index (χ1v) is 9.00. The van der Waals surface area contributed by atoms with Crippen LogP contribution in [0.4, 0.5) is 4.39 Å². The second-order valence-corrected chi connectivity index (χ2v) is 7.07. The fourth-order valence-electron chi connectivity index (χ4n) is 3.41. The molecule has 31 heavy (non-hydrogen) atoms. The molecule has 1 amide bonds. The minimum Gasteiger partial charge on any atom is -0.337 e. The molecule has 0 fully saturated rings. The number of nitrogens with zero attached hydrogens (tertiary/aromatic N) is 5. The molecule has 0 aliphatic carbocycles. The van der Waals surface area contributed by atoms with Crippen molar-refractivity contribution in [3.63, 3.8) is 0 Å². The second-order valence-electron chi connectivity index (χ2n) is 7.07. The van der Waals surface area contributed by atoms with Gasteiger partial charge in [-0.25, -0.2) is 9.37 Å². The molecule has 1 aromatic carbocycles. The van der Waals surface area contributed by atoms with Gasteiger partial charge in [-0.05, 0) is 18.2 Å². The molecule has 0 saturated carbocycles. The number of aromatic nitrogens is 4. The highest BCUT2D eigenvalue weighted by molar-refractivity contribution is 5.98. The average Bonchev–Trinajstić information content (AvgIpc) is 3.33. The molecule has 0 radical (unpaired) electrons. The van der Waals surface area contributed by atoms with Crippen molar-refractivity contribution in [2.24, 2.45) is 5.73 Å². The topological polar surface area (TPSA) is 103 Å². The number of halogens is 2. The van der Waals surface area contributed by atoms with Gasteiger partial charge in [0.05, 0.1) is 23.5 Å². The highest BCUT2D eigenvalue weighted by Gasteiger charge is 2.34. The molecule has 8 nitrogen and oxygen atoms in total. The molecule has 0 saturated heterocycles. The van der Waals surface area contributed by atoms with E-state index in [1.165, 1.54) is 29.4 Å². The number of amides is 1. The maximum atomic E-state index is 13.7. The van der Waals surface area contributed by atoms with Gasteiger partial charge in [0.25, 0.3) is 5.91 Å². The smallest absolute Gasteiger partial charge is 0.256 e. The van der Waals surface area contributed by atoms with Crippen LogP contribution in [0.5, 0.6) is 0 Å². The Morgan fingerprint density at radius 3 is 2.71 bits per heavy atom. The summed E-state index contributed by atoms with van der Waals surface area (Å²) in [5.74, 6) is 4.45. The van der Waals surface area contributed by atoms with E-state index in [4.69, 9.17) is 23.1 Å². The minimum atomic E-state index is -1.15. The molecule has 0 spiro atoms. The molecule has 2 aromatic heterocycles. The number of benzene rings is 1. The van der Waals surface area contributed by atoms with Crippen molar-refractivity contribution in [1.82, 2.24) is 24.6 Å². The van der Waals surface area contributed by atoms with Gasteiger partial charge < -0.3 is 15.2 Å². The summed E-state index contributed by atoms with van der Waals surface area (Å²) in [7, 11) is 1.62. The van der Waals surface area contributed by atoms with Crippen molar-refractivity contribution in [2.75, 3.05) is 7.05 Å². The molecular weight excluding hydrogens is 423 g/mol. The Labute approximate surface area is 184 Å². The summed E-state index contributed by atoms with van der Waals surface area (Å²) in [5, 5.41) is 4.00. The van der Waals surface area contributed by atoms with Gasteiger partial charge in [0.1, 0.15) is 23.4 Å². The van der Waals surface area contributed by atoms with E-state index in [9.17, 15) is 9.18 Å². The summed E-state index contributed by atoms with van der Waals surface area (Å²) in [4.78, 5) is 23.0. The van der Waals surface area contributed by atoms with Crippen LogP contribution in [-0.4, -0.2) is 37.5 Å². The molecular formula is C21H18ClFN6O2. The summed E-state index contributed by atoms with van der Waals surface area (Å²) < 4.78 is 20.8. The van der Waals surface area contributed by atoms with Gasteiger partial charge in [-0.1, -0.05) is 5.16 Å². The maximum absolute atomic E-state index is 13.7. The number of hydrogen-bond donors (Lipinski definition) is 1. The Bertz CT molecular complexity index is 1220. The van der Waals surface area contributed by atoms with Gasteiger partial charge in [-0.15, -0.1) is 37.1 Å². The van der Waals surface area contributed by atoms with Crippen LogP contribution < -0.4 is 5.73 Å². The number of imidazole rings is 1. The molecule has 2 N–H and O–H groups in total. The number of carbonyl (C=O) groups excluding carboxylic acids is 1. The lowest BCUT2D eigenvalue weighted by Gasteiger charge is -2.19. The van der Waals surface area contributed by atoms with Crippen LogP contribution in [0.3, 0.4) is 0 Å². The van der Waals surface area contributed by atoms with E-state index in [0.717, 1.165) is 0 Å². The Morgan fingerprint density at radius 2 is 2.03 bits per heavy atom. The van der Waals surface area contributed by atoms with Crippen molar-refractivity contribution in [3.05, 3.63) is 47.5 Å². The van der Waals surface area contributed by atoms with Crippen LogP contribution >= 0.6 is 12.4 Å². The first kappa shape index (κ1) is 22.0. The van der Waals surface area contributed by atoms with Gasteiger partial charge in [-0.3, -0.25) is 9.36 Å². The fourth-order valence-corrected chi connectivity index (χ4v) is 3.41.